The molecule has 2 heterocycles. The van der Waals surface area contributed by atoms with Gasteiger partial charge in [0.25, 0.3) is 5.78 Å². The number of carbonyl (C=O) groups excluding carboxylic acids is 1. The first-order valence-electron chi connectivity index (χ1n) is 10.3. The molecule has 31 heavy (non-hydrogen) atoms. The van der Waals surface area contributed by atoms with Crippen LogP contribution >= 0.6 is 0 Å². The molecule has 0 bridgehead atoms. The van der Waals surface area contributed by atoms with Crippen LogP contribution in [-0.2, 0) is 0 Å². The van der Waals surface area contributed by atoms with Gasteiger partial charge in [-0.15, -0.1) is 0 Å². The molecule has 4 rings (SSSR count). The Morgan fingerprint density at radius 2 is 1.61 bits per heavy atom. The molecule has 0 aliphatic carbocycles. The lowest BCUT2D eigenvalue weighted by Crippen LogP contribution is -2.26. The van der Waals surface area contributed by atoms with Crippen LogP contribution in [0.2, 0.25) is 0 Å². The van der Waals surface area contributed by atoms with Gasteiger partial charge >= 0.3 is 6.18 Å². The Morgan fingerprint density at radius 1 is 0.968 bits per heavy atom. The van der Waals surface area contributed by atoms with Gasteiger partial charge in [0.1, 0.15) is 5.82 Å². The summed E-state index contributed by atoms with van der Waals surface area (Å²) in [6.07, 6.45) is -0.704. The van der Waals surface area contributed by atoms with Crippen LogP contribution in [0.5, 0.6) is 0 Å². The standard InChI is InChI=1S/C24H22F4N2O/c1-15-20(23(31)24(26,27)28)21(16-9-11-17(25)12-10-16)18-7-6-8-19(22(18)29-15)30-13-4-2-3-5-14-30/h6-12H,2-5,13-14H2,1H3. The number of para-hydroxylation sites is 1. The first-order chi connectivity index (χ1) is 14.8. The molecule has 3 aromatic rings. The van der Waals surface area contributed by atoms with E-state index < -0.39 is 23.3 Å². The lowest BCUT2D eigenvalue weighted by atomic mass is 9.91. The third-order valence-electron chi connectivity index (χ3n) is 5.74. The van der Waals surface area contributed by atoms with Crippen molar-refractivity contribution in [2.24, 2.45) is 0 Å². The molecule has 0 amide bonds. The minimum absolute atomic E-state index is 0.0106. The Bertz CT molecular complexity index is 1120. The molecule has 1 saturated heterocycles. The maximum absolute atomic E-state index is 13.5. The van der Waals surface area contributed by atoms with Gasteiger partial charge in [-0.2, -0.15) is 13.2 Å². The van der Waals surface area contributed by atoms with E-state index in [1.54, 1.807) is 12.1 Å². The third-order valence-corrected chi connectivity index (χ3v) is 5.74. The summed E-state index contributed by atoms with van der Waals surface area (Å²) >= 11 is 0. The van der Waals surface area contributed by atoms with Gasteiger partial charge in [0.15, 0.2) is 0 Å². The Morgan fingerprint density at radius 3 is 2.23 bits per heavy atom. The number of hydrogen-bond donors (Lipinski definition) is 0. The molecule has 162 valence electrons. The molecule has 1 aliphatic rings. The predicted molar refractivity (Wildman–Crippen MR) is 113 cm³/mol. The minimum atomic E-state index is -5.04. The van der Waals surface area contributed by atoms with E-state index in [4.69, 9.17) is 0 Å². The van der Waals surface area contributed by atoms with Crippen LogP contribution in [-0.4, -0.2) is 30.0 Å². The fourth-order valence-electron chi connectivity index (χ4n) is 4.29. The Kier molecular flexibility index (Phi) is 5.69. The van der Waals surface area contributed by atoms with Crippen molar-refractivity contribution in [3.05, 3.63) is 59.5 Å². The molecule has 0 spiro atoms. The van der Waals surface area contributed by atoms with Gasteiger partial charge in [0.05, 0.1) is 16.8 Å². The largest absolute Gasteiger partial charge is 0.454 e. The molecule has 7 heteroatoms. The monoisotopic (exact) mass is 430 g/mol. The normalized spacial score (nSPS) is 15.2. The molecule has 0 saturated carbocycles. The van der Waals surface area contributed by atoms with E-state index >= 15 is 0 Å². The number of pyridine rings is 1. The summed E-state index contributed by atoms with van der Waals surface area (Å²) in [5, 5.41) is 0.451. The average Bonchev–Trinajstić information content (AvgIpc) is 3.01. The summed E-state index contributed by atoms with van der Waals surface area (Å²) in [6.45, 7) is 3.11. The zero-order chi connectivity index (χ0) is 22.2. The van der Waals surface area contributed by atoms with Crippen molar-refractivity contribution in [2.75, 3.05) is 18.0 Å². The summed E-state index contributed by atoms with van der Waals surface area (Å²) in [6, 6.07) is 10.5. The first-order valence-corrected chi connectivity index (χ1v) is 10.3. The van der Waals surface area contributed by atoms with Crippen LogP contribution in [0.3, 0.4) is 0 Å². The van der Waals surface area contributed by atoms with E-state index in [0.29, 0.717) is 16.5 Å². The van der Waals surface area contributed by atoms with Crippen LogP contribution in [0.25, 0.3) is 22.0 Å². The van der Waals surface area contributed by atoms with E-state index in [1.807, 2.05) is 6.07 Å². The van der Waals surface area contributed by atoms with Crippen LogP contribution in [0.4, 0.5) is 23.2 Å². The minimum Gasteiger partial charge on any atom is -0.370 e. The lowest BCUT2D eigenvalue weighted by molar-refractivity contribution is -0.0885. The van der Waals surface area contributed by atoms with Gasteiger partial charge in [0.2, 0.25) is 0 Å². The number of aromatic nitrogens is 1. The number of benzene rings is 2. The number of Topliss-reactive ketones (excluding diaryl/α,β-unsaturated/α-hetero) is 1. The van der Waals surface area contributed by atoms with Gasteiger partial charge in [0, 0.05) is 29.7 Å². The number of anilines is 1. The van der Waals surface area contributed by atoms with Gasteiger partial charge < -0.3 is 4.90 Å². The molecular weight excluding hydrogens is 408 g/mol. The molecule has 1 aliphatic heterocycles. The zero-order valence-corrected chi connectivity index (χ0v) is 17.1. The highest BCUT2D eigenvalue weighted by Crippen LogP contribution is 2.39. The molecular formula is C24H22F4N2O. The predicted octanol–water partition coefficient (Wildman–Crippen LogP) is 6.47. The zero-order valence-electron chi connectivity index (χ0n) is 17.1. The van der Waals surface area contributed by atoms with Crippen molar-refractivity contribution in [3.8, 4) is 11.1 Å². The van der Waals surface area contributed by atoms with Gasteiger partial charge in [-0.1, -0.05) is 37.1 Å². The number of aryl methyl sites for hydroxylation is 1. The van der Waals surface area contributed by atoms with Gasteiger partial charge in [-0.25, -0.2) is 4.39 Å². The van der Waals surface area contributed by atoms with Crippen LogP contribution in [0.15, 0.2) is 42.5 Å². The number of rotatable bonds is 3. The SMILES string of the molecule is Cc1nc2c(N3CCCCCC3)cccc2c(-c2ccc(F)cc2)c1C(=O)C(F)(F)F. The highest BCUT2D eigenvalue weighted by atomic mass is 19.4. The summed E-state index contributed by atoms with van der Waals surface area (Å²) in [7, 11) is 0. The van der Waals surface area contributed by atoms with E-state index in [-0.39, 0.29) is 11.3 Å². The lowest BCUT2D eigenvalue weighted by Gasteiger charge is -2.25. The second-order valence-electron chi connectivity index (χ2n) is 7.86. The van der Waals surface area contributed by atoms with E-state index in [9.17, 15) is 22.4 Å². The average molecular weight is 430 g/mol. The molecule has 2 aromatic carbocycles. The Labute approximate surface area is 177 Å². The van der Waals surface area contributed by atoms with Crippen molar-refractivity contribution >= 4 is 22.4 Å². The van der Waals surface area contributed by atoms with Gasteiger partial charge in [-0.05, 0) is 43.5 Å². The van der Waals surface area contributed by atoms with Gasteiger partial charge in [-0.3, -0.25) is 9.78 Å². The number of fused-ring (bicyclic) bond motifs is 1. The fraction of sp³-hybridized carbons (Fsp3) is 0.333. The van der Waals surface area contributed by atoms with E-state index in [0.717, 1.165) is 44.5 Å². The van der Waals surface area contributed by atoms with Crippen molar-refractivity contribution < 1.29 is 22.4 Å². The van der Waals surface area contributed by atoms with Crippen molar-refractivity contribution in [1.82, 2.24) is 4.98 Å². The van der Waals surface area contributed by atoms with Crippen molar-refractivity contribution in [1.29, 1.82) is 0 Å². The third kappa shape index (κ3) is 4.13. The molecule has 0 N–H and O–H groups in total. The molecule has 0 unspecified atom stereocenters. The second kappa shape index (κ2) is 8.29. The van der Waals surface area contributed by atoms with Crippen molar-refractivity contribution in [2.45, 2.75) is 38.8 Å². The first kappa shape index (κ1) is 21.3. The maximum Gasteiger partial charge on any atom is 0.454 e. The van der Waals surface area contributed by atoms with Crippen LogP contribution in [0.1, 0.15) is 41.7 Å². The number of alkyl halides is 3. The highest BCUT2D eigenvalue weighted by Gasteiger charge is 2.42. The summed E-state index contributed by atoms with van der Waals surface area (Å²) in [4.78, 5) is 19.1. The second-order valence-corrected chi connectivity index (χ2v) is 7.86. The molecule has 3 nitrogen and oxygen atoms in total. The van der Waals surface area contributed by atoms with Crippen LogP contribution < -0.4 is 4.90 Å². The van der Waals surface area contributed by atoms with E-state index in [1.165, 1.54) is 31.2 Å². The molecule has 0 radical (unpaired) electrons. The summed E-state index contributed by atoms with van der Waals surface area (Å²) in [5.41, 5.74) is 1.41. The smallest absolute Gasteiger partial charge is 0.370 e. The molecule has 0 atom stereocenters. The topological polar surface area (TPSA) is 33.2 Å². The summed E-state index contributed by atoms with van der Waals surface area (Å²) < 4.78 is 53.9. The Balaban J connectivity index is 2.02. The number of halogens is 4. The highest BCUT2D eigenvalue weighted by molar-refractivity contribution is 6.14. The fourth-order valence-corrected chi connectivity index (χ4v) is 4.29. The maximum atomic E-state index is 13.5. The van der Waals surface area contributed by atoms with Crippen molar-refractivity contribution in [3.63, 3.8) is 0 Å². The Hall–Kier alpha value is -2.96. The number of hydrogen-bond acceptors (Lipinski definition) is 3. The molecule has 1 aromatic heterocycles. The van der Waals surface area contributed by atoms with E-state index in [2.05, 4.69) is 9.88 Å². The number of nitrogens with zero attached hydrogens (tertiary/aromatic N) is 2. The number of carbonyl (C=O) groups is 1. The summed E-state index contributed by atoms with van der Waals surface area (Å²) in [5.74, 6) is -2.45. The molecule has 1 fully saturated rings. The number of ketones is 1. The quantitative estimate of drug-likeness (QED) is 0.352. The van der Waals surface area contributed by atoms with Crippen LogP contribution in [0, 0.1) is 12.7 Å².